The highest BCUT2D eigenvalue weighted by atomic mass is 16.4. The Bertz CT molecular complexity index is 758. The summed E-state index contributed by atoms with van der Waals surface area (Å²) >= 11 is 0. The number of carbonyl (C=O) groups excluding carboxylic acids is 1. The summed E-state index contributed by atoms with van der Waals surface area (Å²) in [4.78, 5) is 23.3. The first-order valence-electron chi connectivity index (χ1n) is 11.7. The quantitative estimate of drug-likeness (QED) is 0.656. The second kappa shape index (κ2) is 6.65. The number of hydrogen-bond donors (Lipinski definition) is 3. The SMILES string of the molecule is CC[C@]12CC[C@H]3[C@@H](C[C@H](CO)C4=CC(=O)CC[C@@H]43)[C@@H]1[C@H]1C[C@H]1[C@@]2(O)CCC(=O)O. The van der Waals surface area contributed by atoms with E-state index < -0.39 is 11.6 Å². The molecule has 0 unspecified atom stereocenters. The van der Waals surface area contributed by atoms with Crippen LogP contribution in [0.25, 0.3) is 0 Å². The normalized spacial score (nSPS) is 50.1. The molecular formula is C24H34O5. The molecule has 5 heteroatoms. The zero-order chi connectivity index (χ0) is 20.6. The molecule has 9 atom stereocenters. The lowest BCUT2D eigenvalue weighted by molar-refractivity contribution is -0.163. The van der Waals surface area contributed by atoms with E-state index in [9.17, 15) is 24.9 Å². The molecule has 0 amide bonds. The summed E-state index contributed by atoms with van der Waals surface area (Å²) in [5.41, 5.74) is 0.164. The summed E-state index contributed by atoms with van der Waals surface area (Å²) in [6, 6.07) is 0. The maximum Gasteiger partial charge on any atom is 0.303 e. The van der Waals surface area contributed by atoms with Crippen molar-refractivity contribution in [3.05, 3.63) is 11.6 Å². The second-order valence-corrected chi connectivity index (χ2v) is 10.6. The van der Waals surface area contributed by atoms with Crippen LogP contribution in [0.1, 0.15) is 64.7 Å². The highest BCUT2D eigenvalue weighted by Crippen LogP contribution is 2.77. The number of ketones is 1. The minimum atomic E-state index is -0.853. The van der Waals surface area contributed by atoms with Gasteiger partial charge >= 0.3 is 5.97 Å². The molecule has 0 aliphatic heterocycles. The van der Waals surface area contributed by atoms with E-state index in [1.165, 1.54) is 5.57 Å². The topological polar surface area (TPSA) is 94.8 Å². The van der Waals surface area contributed by atoms with Crippen LogP contribution in [0.3, 0.4) is 0 Å². The molecule has 0 bridgehead atoms. The number of hydrogen-bond acceptors (Lipinski definition) is 4. The number of fused-ring (bicyclic) bond motifs is 7. The first-order chi connectivity index (χ1) is 13.9. The third kappa shape index (κ3) is 2.59. The van der Waals surface area contributed by atoms with Crippen LogP contribution < -0.4 is 0 Å². The van der Waals surface area contributed by atoms with Crippen LogP contribution in [0.15, 0.2) is 11.6 Å². The maximum absolute atomic E-state index is 12.1. The Morgan fingerprint density at radius 1 is 1.21 bits per heavy atom. The van der Waals surface area contributed by atoms with Crippen molar-refractivity contribution in [3.63, 3.8) is 0 Å². The van der Waals surface area contributed by atoms with Crippen molar-refractivity contribution in [2.24, 2.45) is 46.8 Å². The molecule has 4 fully saturated rings. The molecule has 160 valence electrons. The summed E-state index contributed by atoms with van der Waals surface area (Å²) in [6.07, 6.45) is 8.65. The molecular weight excluding hydrogens is 368 g/mol. The fraction of sp³-hybridized carbons (Fsp3) is 0.833. The van der Waals surface area contributed by atoms with E-state index >= 15 is 0 Å². The Morgan fingerprint density at radius 2 is 2.00 bits per heavy atom. The maximum atomic E-state index is 12.1. The average Bonchev–Trinajstić information content (AvgIpc) is 3.47. The Labute approximate surface area is 172 Å². The predicted octanol–water partition coefficient (Wildman–Crippen LogP) is 3.19. The molecule has 0 aromatic carbocycles. The highest BCUT2D eigenvalue weighted by Gasteiger charge is 2.76. The van der Waals surface area contributed by atoms with E-state index in [1.54, 1.807) is 0 Å². The van der Waals surface area contributed by atoms with Crippen LogP contribution in [0.2, 0.25) is 0 Å². The van der Waals surface area contributed by atoms with Crippen molar-refractivity contribution in [1.29, 1.82) is 0 Å². The monoisotopic (exact) mass is 402 g/mol. The van der Waals surface area contributed by atoms with Gasteiger partial charge in [0.25, 0.3) is 0 Å². The van der Waals surface area contributed by atoms with E-state index in [0.717, 1.165) is 38.5 Å². The largest absolute Gasteiger partial charge is 0.481 e. The lowest BCUT2D eigenvalue weighted by atomic mass is 9.46. The Hall–Kier alpha value is -1.20. The van der Waals surface area contributed by atoms with Crippen LogP contribution in [0, 0.1) is 46.8 Å². The van der Waals surface area contributed by atoms with Crippen molar-refractivity contribution in [1.82, 2.24) is 0 Å². The van der Waals surface area contributed by atoms with Crippen molar-refractivity contribution in [2.45, 2.75) is 70.3 Å². The lowest BCUT2D eigenvalue weighted by Crippen LogP contribution is -2.57. The van der Waals surface area contributed by atoms with Gasteiger partial charge in [0.15, 0.2) is 5.78 Å². The van der Waals surface area contributed by atoms with Crippen LogP contribution in [0.4, 0.5) is 0 Å². The second-order valence-electron chi connectivity index (χ2n) is 10.6. The molecule has 0 heterocycles. The summed E-state index contributed by atoms with van der Waals surface area (Å²) in [7, 11) is 0. The zero-order valence-corrected chi connectivity index (χ0v) is 17.3. The van der Waals surface area contributed by atoms with Crippen LogP contribution in [-0.4, -0.2) is 39.3 Å². The molecule has 0 radical (unpaired) electrons. The van der Waals surface area contributed by atoms with E-state index in [0.29, 0.717) is 42.4 Å². The first kappa shape index (κ1) is 19.7. The number of carboxylic acid groups (broad SMARTS) is 1. The molecule has 4 saturated carbocycles. The summed E-state index contributed by atoms with van der Waals surface area (Å²) in [5, 5.41) is 31.3. The molecule has 5 nitrogen and oxygen atoms in total. The zero-order valence-electron chi connectivity index (χ0n) is 17.3. The van der Waals surface area contributed by atoms with E-state index in [2.05, 4.69) is 6.92 Å². The Balaban J connectivity index is 1.50. The standard InChI is InChI=1S/C24H34O5/c1-2-23-7-5-16-15-4-3-14(26)10-17(15)13(12-25)9-18(16)22(23)19-11-20(19)24(23,29)8-6-21(27)28/h10,13,15-16,18-20,22,25,29H,2-9,11-12H2,1H3,(H,27,28)/t13-,15-,16-,18-,19+,20-,22-,23+,24+/m1/s1. The predicted molar refractivity (Wildman–Crippen MR) is 107 cm³/mol. The number of rotatable bonds is 5. The molecule has 5 aliphatic rings. The van der Waals surface area contributed by atoms with Gasteiger partial charge in [0.1, 0.15) is 0 Å². The van der Waals surface area contributed by atoms with Gasteiger partial charge in [-0.15, -0.1) is 0 Å². The van der Waals surface area contributed by atoms with Crippen LogP contribution >= 0.6 is 0 Å². The third-order valence-corrected chi connectivity index (χ3v) is 9.92. The molecule has 5 aliphatic carbocycles. The molecule has 5 rings (SSSR count). The molecule has 3 N–H and O–H groups in total. The van der Waals surface area contributed by atoms with Gasteiger partial charge in [-0.1, -0.05) is 12.5 Å². The van der Waals surface area contributed by atoms with Gasteiger partial charge in [-0.2, -0.15) is 0 Å². The van der Waals surface area contributed by atoms with Crippen LogP contribution in [0.5, 0.6) is 0 Å². The summed E-state index contributed by atoms with van der Waals surface area (Å²) < 4.78 is 0. The van der Waals surface area contributed by atoms with Gasteiger partial charge in [-0.05, 0) is 86.5 Å². The molecule has 0 spiro atoms. The third-order valence-electron chi connectivity index (χ3n) is 9.92. The average molecular weight is 403 g/mol. The molecule has 0 aromatic heterocycles. The van der Waals surface area contributed by atoms with Crippen LogP contribution in [-0.2, 0) is 9.59 Å². The van der Waals surface area contributed by atoms with E-state index in [1.807, 2.05) is 6.08 Å². The van der Waals surface area contributed by atoms with Gasteiger partial charge in [-0.25, -0.2) is 0 Å². The highest BCUT2D eigenvalue weighted by molar-refractivity contribution is 5.91. The first-order valence-corrected chi connectivity index (χ1v) is 11.7. The van der Waals surface area contributed by atoms with Gasteiger partial charge in [0.2, 0.25) is 0 Å². The van der Waals surface area contributed by atoms with E-state index in [-0.39, 0.29) is 36.1 Å². The lowest BCUT2D eigenvalue weighted by Gasteiger charge is -2.59. The van der Waals surface area contributed by atoms with Gasteiger partial charge in [-0.3, -0.25) is 9.59 Å². The smallest absolute Gasteiger partial charge is 0.303 e. The summed E-state index contributed by atoms with van der Waals surface area (Å²) in [6.45, 7) is 2.28. The Morgan fingerprint density at radius 3 is 2.69 bits per heavy atom. The minimum Gasteiger partial charge on any atom is -0.481 e. The number of aliphatic hydroxyl groups is 2. The van der Waals surface area contributed by atoms with E-state index in [4.69, 9.17) is 0 Å². The molecule has 0 saturated heterocycles. The van der Waals surface area contributed by atoms with Crippen molar-refractivity contribution in [3.8, 4) is 0 Å². The van der Waals surface area contributed by atoms with Gasteiger partial charge in [0, 0.05) is 30.8 Å². The molecule has 29 heavy (non-hydrogen) atoms. The number of aliphatic hydroxyl groups excluding tert-OH is 1. The van der Waals surface area contributed by atoms with Crippen molar-refractivity contribution in [2.75, 3.05) is 6.61 Å². The van der Waals surface area contributed by atoms with Crippen molar-refractivity contribution < 1.29 is 24.9 Å². The number of carboxylic acids is 1. The Kier molecular flexibility index (Phi) is 4.53. The summed E-state index contributed by atoms with van der Waals surface area (Å²) in [5.74, 6) is 2.08. The minimum absolute atomic E-state index is 0.0408. The van der Waals surface area contributed by atoms with Gasteiger partial charge < -0.3 is 15.3 Å². The fourth-order valence-electron chi connectivity index (χ4n) is 8.87. The molecule has 0 aromatic rings. The van der Waals surface area contributed by atoms with Gasteiger partial charge in [0.05, 0.1) is 5.60 Å². The number of aliphatic carboxylic acids is 1. The van der Waals surface area contributed by atoms with Crippen molar-refractivity contribution >= 4 is 11.8 Å². The fourth-order valence-corrected chi connectivity index (χ4v) is 8.87. The number of carbonyl (C=O) groups is 2.